The van der Waals surface area contributed by atoms with Crippen molar-refractivity contribution in [1.29, 1.82) is 0 Å². The Hall–Kier alpha value is -0.760. The molecule has 2 rings (SSSR count). The smallest absolute Gasteiger partial charge is 0.131 e. The minimum Gasteiger partial charge on any atom is -0.357 e. The molecule has 1 fully saturated rings. The van der Waals surface area contributed by atoms with Gasteiger partial charge in [-0.05, 0) is 37.8 Å². The second-order valence-corrected chi connectivity index (χ2v) is 4.39. The van der Waals surface area contributed by atoms with E-state index in [1.54, 1.807) is 6.07 Å². The van der Waals surface area contributed by atoms with Gasteiger partial charge in [-0.2, -0.15) is 0 Å². The fraction of sp³-hybridized carbons (Fsp3) is 0.545. The van der Waals surface area contributed by atoms with Crippen LogP contribution in [0.3, 0.4) is 0 Å². The van der Waals surface area contributed by atoms with Gasteiger partial charge in [-0.1, -0.05) is 17.7 Å². The first-order chi connectivity index (χ1) is 6.68. The number of nitrogens with zero attached hydrogens (tertiary/aromatic N) is 2. The maximum Gasteiger partial charge on any atom is 0.131 e. The van der Waals surface area contributed by atoms with E-state index in [0.717, 1.165) is 11.7 Å². The molecule has 1 aliphatic carbocycles. The molecule has 1 aromatic heterocycles. The van der Waals surface area contributed by atoms with Gasteiger partial charge < -0.3 is 4.90 Å². The van der Waals surface area contributed by atoms with Gasteiger partial charge in [0.15, 0.2) is 0 Å². The highest BCUT2D eigenvalue weighted by atomic mass is 35.5. The van der Waals surface area contributed by atoms with Crippen LogP contribution in [0, 0.1) is 5.92 Å². The van der Waals surface area contributed by atoms with E-state index in [-0.39, 0.29) is 0 Å². The molecule has 1 saturated carbocycles. The maximum atomic E-state index is 5.85. The molecule has 1 heterocycles. The SMILES string of the molecule is CC(C1CC1)N(C)c1cccc(Cl)n1. The minimum absolute atomic E-state index is 0.567. The summed E-state index contributed by atoms with van der Waals surface area (Å²) in [5.74, 6) is 1.82. The van der Waals surface area contributed by atoms with Gasteiger partial charge in [-0.3, -0.25) is 0 Å². The van der Waals surface area contributed by atoms with Crippen LogP contribution in [-0.4, -0.2) is 18.1 Å². The van der Waals surface area contributed by atoms with E-state index in [9.17, 15) is 0 Å². The van der Waals surface area contributed by atoms with Crippen LogP contribution in [0.1, 0.15) is 19.8 Å². The summed E-state index contributed by atoms with van der Waals surface area (Å²) in [5, 5.41) is 0.567. The second kappa shape index (κ2) is 3.77. The first-order valence-corrected chi connectivity index (χ1v) is 5.41. The van der Waals surface area contributed by atoms with Crippen LogP contribution in [0.2, 0.25) is 5.15 Å². The minimum atomic E-state index is 0.567. The Bertz CT molecular complexity index is 323. The van der Waals surface area contributed by atoms with Crippen molar-refractivity contribution in [1.82, 2.24) is 4.98 Å². The molecule has 0 spiro atoms. The molecular weight excluding hydrogens is 196 g/mol. The Kier molecular flexibility index (Phi) is 2.64. The van der Waals surface area contributed by atoms with Crippen molar-refractivity contribution in [3.63, 3.8) is 0 Å². The quantitative estimate of drug-likeness (QED) is 0.714. The molecule has 0 saturated heterocycles. The zero-order valence-corrected chi connectivity index (χ0v) is 9.33. The van der Waals surface area contributed by atoms with Gasteiger partial charge in [0.2, 0.25) is 0 Å². The summed E-state index contributed by atoms with van der Waals surface area (Å²) >= 11 is 5.85. The van der Waals surface area contributed by atoms with E-state index in [1.165, 1.54) is 12.8 Å². The lowest BCUT2D eigenvalue weighted by molar-refractivity contribution is 0.604. The third-order valence-corrected chi connectivity index (χ3v) is 3.19. The van der Waals surface area contributed by atoms with Crippen molar-refractivity contribution in [3.05, 3.63) is 23.4 Å². The zero-order valence-electron chi connectivity index (χ0n) is 8.57. The van der Waals surface area contributed by atoms with Crippen LogP contribution in [0.4, 0.5) is 5.82 Å². The van der Waals surface area contributed by atoms with Gasteiger partial charge in [0, 0.05) is 13.1 Å². The molecule has 76 valence electrons. The number of pyridine rings is 1. The molecule has 2 nitrogen and oxygen atoms in total. The van der Waals surface area contributed by atoms with E-state index in [1.807, 2.05) is 12.1 Å². The molecule has 1 atom stereocenters. The van der Waals surface area contributed by atoms with E-state index >= 15 is 0 Å². The normalized spacial score (nSPS) is 17.9. The van der Waals surface area contributed by atoms with Gasteiger partial charge in [0.05, 0.1) is 0 Å². The lowest BCUT2D eigenvalue weighted by atomic mass is 10.2. The third-order valence-electron chi connectivity index (χ3n) is 2.98. The summed E-state index contributed by atoms with van der Waals surface area (Å²) in [6, 6.07) is 6.33. The molecule has 0 N–H and O–H groups in total. The third kappa shape index (κ3) is 2.01. The van der Waals surface area contributed by atoms with Crippen LogP contribution in [0.5, 0.6) is 0 Å². The van der Waals surface area contributed by atoms with Crippen molar-refractivity contribution >= 4 is 17.4 Å². The Morgan fingerprint density at radius 1 is 1.50 bits per heavy atom. The summed E-state index contributed by atoms with van der Waals surface area (Å²) in [4.78, 5) is 6.51. The predicted octanol–water partition coefficient (Wildman–Crippen LogP) is 2.97. The van der Waals surface area contributed by atoms with Gasteiger partial charge in [-0.25, -0.2) is 4.98 Å². The number of anilines is 1. The van der Waals surface area contributed by atoms with Crippen LogP contribution >= 0.6 is 11.6 Å². The van der Waals surface area contributed by atoms with E-state index in [4.69, 9.17) is 11.6 Å². The molecule has 1 aromatic rings. The molecule has 14 heavy (non-hydrogen) atoms. The maximum absolute atomic E-state index is 5.85. The molecule has 0 aliphatic heterocycles. The number of aromatic nitrogens is 1. The van der Waals surface area contributed by atoms with Gasteiger partial charge >= 0.3 is 0 Å². The average Bonchev–Trinajstić information content (AvgIpc) is 2.99. The summed E-state index contributed by atoms with van der Waals surface area (Å²) in [6.07, 6.45) is 2.71. The number of hydrogen-bond donors (Lipinski definition) is 0. The molecule has 0 amide bonds. The zero-order chi connectivity index (χ0) is 10.1. The van der Waals surface area contributed by atoms with E-state index in [2.05, 4.69) is 23.9 Å². The Labute approximate surface area is 89.9 Å². The van der Waals surface area contributed by atoms with Crippen LogP contribution in [0.25, 0.3) is 0 Å². The molecule has 0 aromatic carbocycles. The first-order valence-electron chi connectivity index (χ1n) is 5.04. The van der Waals surface area contributed by atoms with E-state index in [0.29, 0.717) is 11.2 Å². The number of hydrogen-bond acceptors (Lipinski definition) is 2. The summed E-state index contributed by atoms with van der Waals surface area (Å²) < 4.78 is 0. The average molecular weight is 211 g/mol. The van der Waals surface area contributed by atoms with Gasteiger partial charge in [0.25, 0.3) is 0 Å². The highest BCUT2D eigenvalue weighted by Crippen LogP contribution is 2.35. The summed E-state index contributed by atoms with van der Waals surface area (Å²) in [5.41, 5.74) is 0. The second-order valence-electron chi connectivity index (χ2n) is 4.01. The standard InChI is InChI=1S/C11H15ClN2/c1-8(9-6-7-9)14(2)11-5-3-4-10(12)13-11/h3-5,8-9H,6-7H2,1-2H3. The van der Waals surface area contributed by atoms with Gasteiger partial charge in [0.1, 0.15) is 11.0 Å². The molecule has 1 aliphatic rings. The van der Waals surface area contributed by atoms with Crippen molar-refractivity contribution in [2.75, 3.05) is 11.9 Å². The van der Waals surface area contributed by atoms with Crippen LogP contribution in [-0.2, 0) is 0 Å². The fourth-order valence-electron chi connectivity index (χ4n) is 1.70. The molecule has 0 bridgehead atoms. The van der Waals surface area contributed by atoms with Gasteiger partial charge in [-0.15, -0.1) is 0 Å². The molecule has 3 heteroatoms. The predicted molar refractivity (Wildman–Crippen MR) is 59.8 cm³/mol. The Morgan fingerprint density at radius 3 is 2.79 bits per heavy atom. The molecule has 1 unspecified atom stereocenters. The summed E-state index contributed by atoms with van der Waals surface area (Å²) in [6.45, 7) is 2.25. The van der Waals surface area contributed by atoms with Crippen molar-refractivity contribution in [2.24, 2.45) is 5.92 Å². The monoisotopic (exact) mass is 210 g/mol. The lowest BCUT2D eigenvalue weighted by Crippen LogP contribution is -2.31. The van der Waals surface area contributed by atoms with Crippen LogP contribution in [0.15, 0.2) is 18.2 Å². The topological polar surface area (TPSA) is 16.1 Å². The number of rotatable bonds is 3. The summed E-state index contributed by atoms with van der Waals surface area (Å²) in [7, 11) is 2.08. The fourth-order valence-corrected chi connectivity index (χ4v) is 1.86. The lowest BCUT2D eigenvalue weighted by Gasteiger charge is -2.25. The van der Waals surface area contributed by atoms with Crippen molar-refractivity contribution < 1.29 is 0 Å². The Morgan fingerprint density at radius 2 is 2.21 bits per heavy atom. The largest absolute Gasteiger partial charge is 0.357 e. The van der Waals surface area contributed by atoms with Crippen molar-refractivity contribution in [3.8, 4) is 0 Å². The Balaban J connectivity index is 2.13. The van der Waals surface area contributed by atoms with Crippen molar-refractivity contribution in [2.45, 2.75) is 25.8 Å². The highest BCUT2D eigenvalue weighted by Gasteiger charge is 2.30. The number of halogens is 1. The van der Waals surface area contributed by atoms with Crippen LogP contribution < -0.4 is 4.90 Å². The molecular formula is C11H15ClN2. The molecule has 0 radical (unpaired) electrons. The highest BCUT2D eigenvalue weighted by molar-refractivity contribution is 6.29. The first kappa shape index (κ1) is 9.78. The van der Waals surface area contributed by atoms with E-state index < -0.39 is 0 Å².